The Morgan fingerprint density at radius 1 is 1.23 bits per heavy atom. The first kappa shape index (κ1) is 15.1. The quantitative estimate of drug-likeness (QED) is 0.933. The highest BCUT2D eigenvalue weighted by molar-refractivity contribution is 7.99. The highest BCUT2D eigenvalue weighted by atomic mass is 32.2. The summed E-state index contributed by atoms with van der Waals surface area (Å²) in [6, 6.07) is 16.0. The van der Waals surface area contributed by atoms with Gasteiger partial charge in [-0.25, -0.2) is 0 Å². The van der Waals surface area contributed by atoms with E-state index in [1.54, 1.807) is 7.11 Å². The van der Waals surface area contributed by atoms with Gasteiger partial charge in [0.1, 0.15) is 0 Å². The summed E-state index contributed by atoms with van der Waals surface area (Å²) in [4.78, 5) is 13.7. The van der Waals surface area contributed by atoms with Crippen LogP contribution in [0.25, 0.3) is 0 Å². The maximum absolute atomic E-state index is 12.4. The minimum absolute atomic E-state index is 0.0179. The molecular weight excluding hydrogens is 294 g/mol. The summed E-state index contributed by atoms with van der Waals surface area (Å²) < 4.78 is 5.09. The zero-order valence-corrected chi connectivity index (χ0v) is 13.4. The Morgan fingerprint density at radius 2 is 2.00 bits per heavy atom. The molecule has 0 saturated heterocycles. The van der Waals surface area contributed by atoms with E-state index in [9.17, 15) is 4.79 Å². The van der Waals surface area contributed by atoms with Crippen LogP contribution < -0.4 is 5.32 Å². The fourth-order valence-electron chi connectivity index (χ4n) is 2.65. The molecule has 2 aromatic carbocycles. The lowest BCUT2D eigenvalue weighted by Gasteiger charge is -2.25. The van der Waals surface area contributed by atoms with Crippen LogP contribution in [0.4, 0.5) is 0 Å². The Bertz CT molecular complexity index is 654. The van der Waals surface area contributed by atoms with Crippen LogP contribution in [0.2, 0.25) is 0 Å². The predicted octanol–water partition coefficient (Wildman–Crippen LogP) is 3.80. The minimum atomic E-state index is -0.0179. The van der Waals surface area contributed by atoms with E-state index in [2.05, 4.69) is 17.4 Å². The monoisotopic (exact) mass is 313 g/mol. The number of amides is 1. The molecule has 1 amide bonds. The lowest BCUT2D eigenvalue weighted by Crippen LogP contribution is -2.30. The van der Waals surface area contributed by atoms with Gasteiger partial charge in [0.15, 0.2) is 0 Å². The number of methoxy groups -OCH3 is 1. The molecule has 22 heavy (non-hydrogen) atoms. The normalized spacial score (nSPS) is 16.9. The summed E-state index contributed by atoms with van der Waals surface area (Å²) in [6.45, 7) is 0.565. The van der Waals surface area contributed by atoms with E-state index >= 15 is 0 Å². The van der Waals surface area contributed by atoms with E-state index < -0.39 is 0 Å². The number of thioether (sulfide) groups is 1. The zero-order valence-electron chi connectivity index (χ0n) is 12.5. The molecule has 3 nitrogen and oxygen atoms in total. The lowest BCUT2D eigenvalue weighted by atomic mass is 10.0. The third-order valence-electron chi connectivity index (χ3n) is 3.79. The molecule has 0 spiro atoms. The average Bonchev–Trinajstić information content (AvgIpc) is 2.56. The molecule has 114 valence electrons. The summed E-state index contributed by atoms with van der Waals surface area (Å²) in [5.74, 6) is 1.02. The molecule has 1 aliphatic heterocycles. The molecule has 2 aromatic rings. The third-order valence-corrected chi connectivity index (χ3v) is 4.91. The number of fused-ring (bicyclic) bond motifs is 1. The van der Waals surface area contributed by atoms with Gasteiger partial charge >= 0.3 is 0 Å². The number of benzene rings is 2. The molecular formula is C18H19NO2S. The summed E-state index contributed by atoms with van der Waals surface area (Å²) in [5.41, 5.74) is 2.98. The van der Waals surface area contributed by atoms with Crippen LogP contribution in [0.1, 0.15) is 33.9 Å². The molecule has 0 aliphatic carbocycles. The molecule has 1 atom stereocenters. The van der Waals surface area contributed by atoms with Gasteiger partial charge in [-0.3, -0.25) is 4.79 Å². The van der Waals surface area contributed by atoms with Crippen molar-refractivity contribution in [1.29, 1.82) is 0 Å². The van der Waals surface area contributed by atoms with Crippen molar-refractivity contribution < 1.29 is 9.53 Å². The van der Waals surface area contributed by atoms with Crippen LogP contribution in [0.5, 0.6) is 0 Å². The van der Waals surface area contributed by atoms with Crippen molar-refractivity contribution in [2.45, 2.75) is 24.0 Å². The third kappa shape index (κ3) is 3.34. The number of ether oxygens (including phenoxy) is 1. The van der Waals surface area contributed by atoms with E-state index in [1.807, 2.05) is 48.2 Å². The van der Waals surface area contributed by atoms with Gasteiger partial charge in [0.25, 0.3) is 5.91 Å². The first-order valence-electron chi connectivity index (χ1n) is 7.38. The van der Waals surface area contributed by atoms with Gasteiger partial charge in [0.2, 0.25) is 0 Å². The molecule has 0 bridgehead atoms. The van der Waals surface area contributed by atoms with E-state index in [1.165, 1.54) is 10.5 Å². The van der Waals surface area contributed by atoms with E-state index in [-0.39, 0.29) is 11.9 Å². The number of carbonyl (C=O) groups is 1. The fourth-order valence-corrected chi connectivity index (χ4v) is 3.78. The molecule has 0 unspecified atom stereocenters. The fraction of sp³-hybridized carbons (Fsp3) is 0.278. The van der Waals surface area contributed by atoms with Gasteiger partial charge in [0, 0.05) is 23.3 Å². The van der Waals surface area contributed by atoms with Crippen LogP contribution in [0.3, 0.4) is 0 Å². The average molecular weight is 313 g/mol. The van der Waals surface area contributed by atoms with Crippen LogP contribution >= 0.6 is 11.8 Å². The topological polar surface area (TPSA) is 38.3 Å². The summed E-state index contributed by atoms with van der Waals surface area (Å²) in [6.07, 6.45) is 0.967. The summed E-state index contributed by atoms with van der Waals surface area (Å²) >= 11 is 1.86. The summed E-state index contributed by atoms with van der Waals surface area (Å²) in [7, 11) is 1.67. The van der Waals surface area contributed by atoms with Crippen molar-refractivity contribution in [3.8, 4) is 0 Å². The Hall–Kier alpha value is -1.78. The number of rotatable bonds is 4. The van der Waals surface area contributed by atoms with Crippen molar-refractivity contribution >= 4 is 17.7 Å². The second kappa shape index (κ2) is 6.99. The summed E-state index contributed by atoms with van der Waals surface area (Å²) in [5, 5.41) is 3.16. The zero-order chi connectivity index (χ0) is 15.4. The van der Waals surface area contributed by atoms with Gasteiger partial charge in [0.05, 0.1) is 12.6 Å². The van der Waals surface area contributed by atoms with E-state index in [0.29, 0.717) is 12.2 Å². The largest absolute Gasteiger partial charge is 0.380 e. The molecule has 1 aliphatic rings. The van der Waals surface area contributed by atoms with Crippen molar-refractivity contribution in [1.82, 2.24) is 5.32 Å². The van der Waals surface area contributed by atoms with Crippen LogP contribution in [0, 0.1) is 0 Å². The molecule has 1 N–H and O–H groups in total. The van der Waals surface area contributed by atoms with Crippen molar-refractivity contribution in [3.63, 3.8) is 0 Å². The van der Waals surface area contributed by atoms with Gasteiger partial charge in [-0.1, -0.05) is 30.3 Å². The lowest BCUT2D eigenvalue weighted by molar-refractivity contribution is 0.0935. The van der Waals surface area contributed by atoms with Crippen molar-refractivity contribution in [2.24, 2.45) is 0 Å². The number of hydrogen-bond donors (Lipinski definition) is 1. The van der Waals surface area contributed by atoms with Crippen LogP contribution in [-0.4, -0.2) is 18.8 Å². The van der Waals surface area contributed by atoms with Gasteiger partial charge in [-0.05, 0) is 35.7 Å². The highest BCUT2D eigenvalue weighted by Gasteiger charge is 2.22. The first-order valence-corrected chi connectivity index (χ1v) is 8.37. The molecule has 4 heteroatoms. The standard InChI is InChI=1S/C18H19NO2S/c1-21-12-13-6-8-14(9-7-13)18(20)19-16-10-11-22-17-5-3-2-4-15(16)17/h2-9,16H,10-12H2,1H3,(H,19,20)/t16-/m0/s1. The molecule has 1 heterocycles. The molecule has 0 radical (unpaired) electrons. The van der Waals surface area contributed by atoms with Crippen molar-refractivity contribution in [3.05, 3.63) is 65.2 Å². The molecule has 0 fully saturated rings. The molecule has 3 rings (SSSR count). The Morgan fingerprint density at radius 3 is 2.77 bits per heavy atom. The van der Waals surface area contributed by atoms with E-state index in [4.69, 9.17) is 4.74 Å². The Kier molecular flexibility index (Phi) is 4.80. The van der Waals surface area contributed by atoms with Gasteiger partial charge in [-0.2, -0.15) is 0 Å². The first-order chi connectivity index (χ1) is 10.8. The number of carbonyl (C=O) groups excluding carboxylic acids is 1. The maximum Gasteiger partial charge on any atom is 0.251 e. The van der Waals surface area contributed by atoms with Crippen LogP contribution in [-0.2, 0) is 11.3 Å². The highest BCUT2D eigenvalue weighted by Crippen LogP contribution is 2.35. The second-order valence-corrected chi connectivity index (χ2v) is 6.47. The van der Waals surface area contributed by atoms with Gasteiger partial charge in [-0.15, -0.1) is 11.8 Å². The van der Waals surface area contributed by atoms with Gasteiger partial charge < -0.3 is 10.1 Å². The van der Waals surface area contributed by atoms with Crippen LogP contribution in [0.15, 0.2) is 53.4 Å². The number of hydrogen-bond acceptors (Lipinski definition) is 3. The molecule has 0 saturated carbocycles. The van der Waals surface area contributed by atoms with Crippen molar-refractivity contribution in [2.75, 3.05) is 12.9 Å². The maximum atomic E-state index is 12.4. The SMILES string of the molecule is COCc1ccc(C(=O)N[C@H]2CCSc3ccccc32)cc1. The second-order valence-electron chi connectivity index (χ2n) is 5.33. The van der Waals surface area contributed by atoms with E-state index in [0.717, 1.165) is 17.7 Å². The smallest absolute Gasteiger partial charge is 0.251 e. The number of nitrogens with one attached hydrogen (secondary N) is 1. The Labute approximate surface area is 135 Å². The predicted molar refractivity (Wildman–Crippen MR) is 89.1 cm³/mol. The molecule has 0 aromatic heterocycles. The Balaban J connectivity index is 1.72. The minimum Gasteiger partial charge on any atom is -0.380 e.